The van der Waals surface area contributed by atoms with Crippen LogP contribution in [0.5, 0.6) is 0 Å². The summed E-state index contributed by atoms with van der Waals surface area (Å²) in [5.41, 5.74) is 2.64. The first-order valence-electron chi connectivity index (χ1n) is 8.16. The maximum absolute atomic E-state index is 13.2. The SMILES string of the molecule is CC(=O)c1csc(CN(Cc2ccc(F)cc2)Cc2ccc(Cl)cc2)n1. The maximum Gasteiger partial charge on any atom is 0.178 e. The Balaban J connectivity index is 1.78. The highest BCUT2D eigenvalue weighted by Gasteiger charge is 2.13. The zero-order valence-electron chi connectivity index (χ0n) is 14.3. The molecular weight excluding hydrogens is 371 g/mol. The van der Waals surface area contributed by atoms with Gasteiger partial charge in [-0.25, -0.2) is 9.37 Å². The molecule has 3 aromatic rings. The molecule has 0 saturated heterocycles. The molecule has 134 valence electrons. The number of nitrogens with zero attached hydrogens (tertiary/aromatic N) is 2. The third-order valence-electron chi connectivity index (χ3n) is 3.91. The van der Waals surface area contributed by atoms with Crippen molar-refractivity contribution in [3.8, 4) is 0 Å². The van der Waals surface area contributed by atoms with Crippen LogP contribution in [0, 0.1) is 5.82 Å². The molecule has 0 aliphatic carbocycles. The number of Topliss-reactive ketones (excluding diaryl/α,β-unsaturated/α-hetero) is 1. The van der Waals surface area contributed by atoms with E-state index in [1.54, 1.807) is 17.5 Å². The van der Waals surface area contributed by atoms with Gasteiger partial charge in [0.25, 0.3) is 0 Å². The number of halogens is 2. The zero-order chi connectivity index (χ0) is 18.5. The molecule has 3 nitrogen and oxygen atoms in total. The summed E-state index contributed by atoms with van der Waals surface area (Å²) in [6.45, 7) is 3.47. The van der Waals surface area contributed by atoms with E-state index >= 15 is 0 Å². The molecule has 2 aromatic carbocycles. The Kier molecular flexibility index (Phi) is 6.14. The molecule has 1 aromatic heterocycles. The molecular formula is C20H18ClFN2OS. The number of hydrogen-bond acceptors (Lipinski definition) is 4. The first-order valence-corrected chi connectivity index (χ1v) is 9.42. The second kappa shape index (κ2) is 8.54. The summed E-state index contributed by atoms with van der Waals surface area (Å²) in [6, 6.07) is 14.2. The fourth-order valence-corrected chi connectivity index (χ4v) is 3.60. The fraction of sp³-hybridized carbons (Fsp3) is 0.200. The molecule has 6 heteroatoms. The van der Waals surface area contributed by atoms with Crippen LogP contribution in [0.1, 0.15) is 33.5 Å². The minimum atomic E-state index is -0.246. The van der Waals surface area contributed by atoms with Crippen molar-refractivity contribution in [3.63, 3.8) is 0 Å². The highest BCUT2D eigenvalue weighted by Crippen LogP contribution is 2.19. The largest absolute Gasteiger partial charge is 0.293 e. The summed E-state index contributed by atoms with van der Waals surface area (Å²) < 4.78 is 13.2. The number of ketones is 1. The molecule has 0 aliphatic rings. The predicted octanol–water partition coefficient (Wildman–Crippen LogP) is 5.34. The molecule has 0 atom stereocenters. The molecule has 0 bridgehead atoms. The van der Waals surface area contributed by atoms with Crippen LogP contribution in [0.4, 0.5) is 4.39 Å². The van der Waals surface area contributed by atoms with Crippen LogP contribution < -0.4 is 0 Å². The van der Waals surface area contributed by atoms with Crippen molar-refractivity contribution in [2.45, 2.75) is 26.6 Å². The number of aromatic nitrogens is 1. The van der Waals surface area contributed by atoms with Gasteiger partial charge in [-0.2, -0.15) is 0 Å². The molecule has 0 N–H and O–H groups in total. The van der Waals surface area contributed by atoms with E-state index in [0.717, 1.165) is 16.1 Å². The predicted molar refractivity (Wildman–Crippen MR) is 103 cm³/mol. The van der Waals surface area contributed by atoms with Crippen molar-refractivity contribution in [3.05, 3.63) is 86.6 Å². The van der Waals surface area contributed by atoms with Crippen molar-refractivity contribution in [2.75, 3.05) is 0 Å². The first-order chi connectivity index (χ1) is 12.5. The zero-order valence-corrected chi connectivity index (χ0v) is 15.9. The molecule has 0 fully saturated rings. The third-order valence-corrected chi connectivity index (χ3v) is 5.00. The average Bonchev–Trinajstić information content (AvgIpc) is 3.08. The van der Waals surface area contributed by atoms with Crippen LogP contribution in [0.15, 0.2) is 53.9 Å². The van der Waals surface area contributed by atoms with Gasteiger partial charge in [0.1, 0.15) is 16.5 Å². The van der Waals surface area contributed by atoms with Crippen molar-refractivity contribution in [1.82, 2.24) is 9.88 Å². The number of rotatable bonds is 7. The summed E-state index contributed by atoms with van der Waals surface area (Å²) in [5, 5.41) is 3.37. The molecule has 26 heavy (non-hydrogen) atoms. The first kappa shape index (κ1) is 18.7. The Morgan fingerprint density at radius 2 is 1.62 bits per heavy atom. The number of carbonyl (C=O) groups excluding carboxylic acids is 1. The lowest BCUT2D eigenvalue weighted by atomic mass is 10.1. The van der Waals surface area contributed by atoms with Crippen LogP contribution >= 0.6 is 22.9 Å². The highest BCUT2D eigenvalue weighted by atomic mass is 35.5. The average molecular weight is 389 g/mol. The van der Waals surface area contributed by atoms with Gasteiger partial charge >= 0.3 is 0 Å². The Bertz CT molecular complexity index is 830. The lowest BCUT2D eigenvalue weighted by Crippen LogP contribution is -2.22. The van der Waals surface area contributed by atoms with E-state index < -0.39 is 0 Å². The quantitative estimate of drug-likeness (QED) is 0.512. The Labute approximate surface area is 161 Å². The van der Waals surface area contributed by atoms with Gasteiger partial charge in [-0.15, -0.1) is 11.3 Å². The van der Waals surface area contributed by atoms with Gasteiger partial charge < -0.3 is 0 Å². The Morgan fingerprint density at radius 1 is 1.04 bits per heavy atom. The maximum atomic E-state index is 13.2. The van der Waals surface area contributed by atoms with Crippen molar-refractivity contribution < 1.29 is 9.18 Å². The summed E-state index contributed by atoms with van der Waals surface area (Å²) in [4.78, 5) is 18.1. The number of carbonyl (C=O) groups is 1. The van der Waals surface area contributed by atoms with Crippen LogP contribution in [0.25, 0.3) is 0 Å². The minimum absolute atomic E-state index is 0.0321. The second-order valence-electron chi connectivity index (χ2n) is 6.08. The highest BCUT2D eigenvalue weighted by molar-refractivity contribution is 7.09. The van der Waals surface area contributed by atoms with E-state index in [4.69, 9.17) is 11.6 Å². The normalized spacial score (nSPS) is 11.1. The minimum Gasteiger partial charge on any atom is -0.293 e. The Morgan fingerprint density at radius 3 is 2.15 bits per heavy atom. The lowest BCUT2D eigenvalue weighted by molar-refractivity contribution is 0.101. The van der Waals surface area contributed by atoms with Crippen LogP contribution in [0.2, 0.25) is 5.02 Å². The fourth-order valence-electron chi connectivity index (χ4n) is 2.60. The van der Waals surface area contributed by atoms with Gasteiger partial charge in [-0.05, 0) is 35.4 Å². The molecule has 0 radical (unpaired) electrons. The van der Waals surface area contributed by atoms with Gasteiger partial charge in [-0.3, -0.25) is 9.69 Å². The van der Waals surface area contributed by atoms with Crippen LogP contribution in [0.3, 0.4) is 0 Å². The van der Waals surface area contributed by atoms with Crippen LogP contribution in [-0.2, 0) is 19.6 Å². The summed E-state index contributed by atoms with van der Waals surface area (Å²) in [6.07, 6.45) is 0. The van der Waals surface area contributed by atoms with Gasteiger partial charge in [0.15, 0.2) is 5.78 Å². The van der Waals surface area contributed by atoms with E-state index in [-0.39, 0.29) is 11.6 Å². The topological polar surface area (TPSA) is 33.2 Å². The van der Waals surface area contributed by atoms with E-state index in [0.29, 0.717) is 30.4 Å². The van der Waals surface area contributed by atoms with Crippen LogP contribution in [-0.4, -0.2) is 15.7 Å². The molecule has 0 aliphatic heterocycles. The summed E-state index contributed by atoms with van der Waals surface area (Å²) in [7, 11) is 0. The molecule has 1 heterocycles. The molecule has 0 amide bonds. The van der Waals surface area contributed by atoms with Crippen molar-refractivity contribution >= 4 is 28.7 Å². The van der Waals surface area contributed by atoms with Gasteiger partial charge in [-0.1, -0.05) is 35.9 Å². The standard InChI is InChI=1S/C20H18ClFN2OS/c1-14(25)19-13-26-20(23-19)12-24(10-15-2-6-17(21)7-3-15)11-16-4-8-18(22)9-5-16/h2-9,13H,10-12H2,1H3. The van der Waals surface area contributed by atoms with E-state index in [1.807, 2.05) is 24.3 Å². The van der Waals surface area contributed by atoms with Gasteiger partial charge in [0, 0.05) is 30.4 Å². The van der Waals surface area contributed by atoms with Crippen molar-refractivity contribution in [1.29, 1.82) is 0 Å². The molecule has 3 rings (SSSR count). The summed E-state index contributed by atoms with van der Waals surface area (Å²) in [5.74, 6) is -0.278. The van der Waals surface area contributed by atoms with E-state index in [9.17, 15) is 9.18 Å². The smallest absolute Gasteiger partial charge is 0.178 e. The molecule has 0 saturated carbocycles. The summed E-state index contributed by atoms with van der Waals surface area (Å²) >= 11 is 7.44. The van der Waals surface area contributed by atoms with Crippen molar-refractivity contribution in [2.24, 2.45) is 0 Å². The number of benzene rings is 2. The van der Waals surface area contributed by atoms with Gasteiger partial charge in [0.2, 0.25) is 0 Å². The lowest BCUT2D eigenvalue weighted by Gasteiger charge is -2.21. The number of thiazole rings is 1. The van der Waals surface area contributed by atoms with Gasteiger partial charge in [0.05, 0.1) is 6.54 Å². The second-order valence-corrected chi connectivity index (χ2v) is 7.46. The third kappa shape index (κ3) is 5.21. The monoisotopic (exact) mass is 388 g/mol. The Hall–Kier alpha value is -2.08. The van der Waals surface area contributed by atoms with E-state index in [1.165, 1.54) is 30.4 Å². The molecule has 0 unspecified atom stereocenters. The number of hydrogen-bond donors (Lipinski definition) is 0. The molecule has 0 spiro atoms. The van der Waals surface area contributed by atoms with E-state index in [2.05, 4.69) is 9.88 Å².